The van der Waals surface area contributed by atoms with E-state index in [9.17, 15) is 35.5 Å². The summed E-state index contributed by atoms with van der Waals surface area (Å²) in [6.45, 7) is 0. The summed E-state index contributed by atoms with van der Waals surface area (Å²) in [5, 5.41) is 0. The first-order valence-corrected chi connectivity index (χ1v) is 8.55. The van der Waals surface area contributed by atoms with Gasteiger partial charge >= 0.3 is 18.3 Å². The third-order valence-corrected chi connectivity index (χ3v) is 4.42. The maximum atomic E-state index is 13.6. The molecule has 0 saturated heterocycles. The molecule has 0 aromatic heterocycles. The molecule has 1 aromatic rings. The lowest BCUT2D eigenvalue weighted by Gasteiger charge is -2.30. The number of esters is 1. The predicted octanol–water partition coefficient (Wildman–Crippen LogP) is 5.19. The molecule has 0 aliphatic rings. The van der Waals surface area contributed by atoms with E-state index in [0.29, 0.717) is 18.4 Å². The highest BCUT2D eigenvalue weighted by Gasteiger charge is 2.71. The number of alkyl halides is 7. The SMILES string of the molecule is COC(=O)CCCc1ccc(C(N)CCCC(F)(C(F)(F)F)C(F)(F)F)cc1. The Kier molecular flexibility index (Phi) is 8.28. The Morgan fingerprint density at radius 3 is 2.00 bits per heavy atom. The maximum absolute atomic E-state index is 13.6. The summed E-state index contributed by atoms with van der Waals surface area (Å²) in [4.78, 5) is 11.0. The highest BCUT2D eigenvalue weighted by atomic mass is 19.4. The molecule has 0 aliphatic heterocycles. The van der Waals surface area contributed by atoms with Crippen molar-refractivity contribution in [2.75, 3.05) is 7.11 Å². The number of nitrogens with two attached hydrogens (primary N) is 1. The van der Waals surface area contributed by atoms with Crippen LogP contribution in [0.4, 0.5) is 30.7 Å². The Bertz CT molecular complexity index is 612. The number of carbonyl (C=O) groups is 1. The van der Waals surface area contributed by atoms with Gasteiger partial charge in [0.05, 0.1) is 7.11 Å². The first kappa shape index (κ1) is 24.2. The van der Waals surface area contributed by atoms with Crippen molar-refractivity contribution in [1.29, 1.82) is 0 Å². The fraction of sp³-hybridized carbons (Fsp3) is 0.611. The van der Waals surface area contributed by atoms with Crippen LogP contribution in [0.5, 0.6) is 0 Å². The van der Waals surface area contributed by atoms with E-state index in [1.165, 1.54) is 7.11 Å². The molecule has 0 bridgehead atoms. The molecule has 1 aromatic carbocycles. The van der Waals surface area contributed by atoms with Crippen LogP contribution >= 0.6 is 0 Å². The minimum Gasteiger partial charge on any atom is -0.469 e. The molecule has 28 heavy (non-hydrogen) atoms. The number of halogens is 7. The van der Waals surface area contributed by atoms with E-state index in [-0.39, 0.29) is 18.8 Å². The summed E-state index contributed by atoms with van der Waals surface area (Å²) < 4.78 is 93.2. The number of hydrogen-bond acceptors (Lipinski definition) is 3. The third kappa shape index (κ3) is 6.35. The van der Waals surface area contributed by atoms with Crippen LogP contribution in [0.25, 0.3) is 0 Å². The van der Waals surface area contributed by atoms with Crippen molar-refractivity contribution in [2.24, 2.45) is 5.73 Å². The Balaban J connectivity index is 2.59. The zero-order valence-corrected chi connectivity index (χ0v) is 15.2. The van der Waals surface area contributed by atoms with E-state index in [1.807, 2.05) is 0 Å². The topological polar surface area (TPSA) is 52.3 Å². The Hall–Kier alpha value is -1.84. The van der Waals surface area contributed by atoms with Crippen molar-refractivity contribution in [3.05, 3.63) is 35.4 Å². The normalized spacial score (nSPS) is 14.0. The van der Waals surface area contributed by atoms with Crippen LogP contribution in [0.1, 0.15) is 49.3 Å². The van der Waals surface area contributed by atoms with Crippen molar-refractivity contribution < 1.29 is 40.3 Å². The molecule has 1 unspecified atom stereocenters. The second-order valence-electron chi connectivity index (χ2n) is 6.47. The summed E-state index contributed by atoms with van der Waals surface area (Å²) in [6.07, 6.45) is -13.3. The van der Waals surface area contributed by atoms with Gasteiger partial charge in [-0.05, 0) is 43.2 Å². The molecule has 2 N–H and O–H groups in total. The third-order valence-electron chi connectivity index (χ3n) is 4.42. The van der Waals surface area contributed by atoms with Gasteiger partial charge in [0.15, 0.2) is 0 Å². The monoisotopic (exact) mass is 417 g/mol. The first-order chi connectivity index (χ1) is 12.8. The van der Waals surface area contributed by atoms with Gasteiger partial charge in [-0.25, -0.2) is 4.39 Å². The van der Waals surface area contributed by atoms with Gasteiger partial charge in [0.1, 0.15) is 0 Å². The molecule has 10 heteroatoms. The molecule has 1 atom stereocenters. The quantitative estimate of drug-likeness (QED) is 0.445. The van der Waals surface area contributed by atoms with Crippen LogP contribution in [-0.2, 0) is 16.0 Å². The fourth-order valence-corrected chi connectivity index (χ4v) is 2.65. The number of methoxy groups -OCH3 is 1. The van der Waals surface area contributed by atoms with E-state index < -0.39 is 36.9 Å². The molecule has 0 heterocycles. The van der Waals surface area contributed by atoms with Crippen LogP contribution in [0, 0.1) is 0 Å². The van der Waals surface area contributed by atoms with Gasteiger partial charge in [0.25, 0.3) is 5.67 Å². The maximum Gasteiger partial charge on any atom is 0.431 e. The smallest absolute Gasteiger partial charge is 0.431 e. The predicted molar refractivity (Wildman–Crippen MR) is 88.1 cm³/mol. The summed E-state index contributed by atoms with van der Waals surface area (Å²) >= 11 is 0. The Labute approximate surface area is 158 Å². The Morgan fingerprint density at radius 2 is 1.54 bits per heavy atom. The summed E-state index contributed by atoms with van der Waals surface area (Å²) in [7, 11) is 1.29. The van der Waals surface area contributed by atoms with Gasteiger partial charge in [-0.2, -0.15) is 26.3 Å². The second kappa shape index (κ2) is 9.58. The van der Waals surface area contributed by atoms with Gasteiger partial charge in [-0.15, -0.1) is 0 Å². The van der Waals surface area contributed by atoms with Crippen molar-refractivity contribution in [3.8, 4) is 0 Å². The van der Waals surface area contributed by atoms with Gasteiger partial charge in [-0.1, -0.05) is 24.3 Å². The summed E-state index contributed by atoms with van der Waals surface area (Å²) in [5.74, 6) is -0.333. The second-order valence-corrected chi connectivity index (χ2v) is 6.47. The Morgan fingerprint density at radius 1 is 1.00 bits per heavy atom. The number of rotatable bonds is 9. The lowest BCUT2D eigenvalue weighted by molar-refractivity contribution is -0.343. The number of carbonyl (C=O) groups excluding carboxylic acids is 1. The van der Waals surface area contributed by atoms with Gasteiger partial charge in [0, 0.05) is 12.5 Å². The highest BCUT2D eigenvalue weighted by Crippen LogP contribution is 2.49. The van der Waals surface area contributed by atoms with E-state index in [2.05, 4.69) is 4.74 Å². The largest absolute Gasteiger partial charge is 0.469 e. The number of ether oxygens (including phenoxy) is 1. The fourth-order valence-electron chi connectivity index (χ4n) is 2.65. The van der Waals surface area contributed by atoms with Crippen molar-refractivity contribution in [2.45, 2.75) is 62.6 Å². The lowest BCUT2D eigenvalue weighted by atomic mass is 9.93. The molecule has 1 rings (SSSR count). The van der Waals surface area contributed by atoms with Crippen molar-refractivity contribution in [1.82, 2.24) is 0 Å². The molecule has 0 amide bonds. The van der Waals surface area contributed by atoms with Gasteiger partial charge in [-0.3, -0.25) is 4.79 Å². The van der Waals surface area contributed by atoms with E-state index >= 15 is 0 Å². The van der Waals surface area contributed by atoms with Crippen LogP contribution in [-0.4, -0.2) is 31.1 Å². The first-order valence-electron chi connectivity index (χ1n) is 8.55. The number of aryl methyl sites for hydroxylation is 1. The molecule has 3 nitrogen and oxygen atoms in total. The van der Waals surface area contributed by atoms with Crippen molar-refractivity contribution >= 4 is 5.97 Å². The van der Waals surface area contributed by atoms with E-state index in [1.54, 1.807) is 24.3 Å². The molecular formula is C18H22F7NO2. The average molecular weight is 417 g/mol. The molecule has 0 aliphatic carbocycles. The minimum atomic E-state index is -6.04. The molecule has 0 spiro atoms. The van der Waals surface area contributed by atoms with Crippen molar-refractivity contribution in [3.63, 3.8) is 0 Å². The highest BCUT2D eigenvalue weighted by molar-refractivity contribution is 5.69. The number of hydrogen-bond donors (Lipinski definition) is 1. The van der Waals surface area contributed by atoms with Crippen LogP contribution in [0.15, 0.2) is 24.3 Å². The zero-order chi connectivity index (χ0) is 21.6. The van der Waals surface area contributed by atoms with E-state index in [4.69, 9.17) is 5.73 Å². The minimum absolute atomic E-state index is 0.237. The zero-order valence-electron chi connectivity index (χ0n) is 15.2. The molecule has 0 fully saturated rings. The summed E-state index contributed by atoms with van der Waals surface area (Å²) in [6, 6.07) is 5.80. The molecular weight excluding hydrogens is 395 g/mol. The number of benzene rings is 1. The van der Waals surface area contributed by atoms with Gasteiger partial charge < -0.3 is 10.5 Å². The van der Waals surface area contributed by atoms with Crippen LogP contribution in [0.2, 0.25) is 0 Å². The van der Waals surface area contributed by atoms with Crippen LogP contribution < -0.4 is 5.73 Å². The lowest BCUT2D eigenvalue weighted by Crippen LogP contribution is -2.53. The molecule has 0 radical (unpaired) electrons. The standard InChI is InChI=1S/C18H22F7NO2/c1-28-15(27)6-2-4-12-7-9-13(10-8-12)14(26)5-3-11-16(19,17(20,21)22)18(23,24)25/h7-10,14H,2-6,11,26H2,1H3. The van der Waals surface area contributed by atoms with E-state index in [0.717, 1.165) is 5.56 Å². The molecule has 0 saturated carbocycles. The average Bonchev–Trinajstić information content (AvgIpc) is 2.59. The summed E-state index contributed by atoms with van der Waals surface area (Å²) in [5.41, 5.74) is 1.96. The van der Waals surface area contributed by atoms with Crippen LogP contribution in [0.3, 0.4) is 0 Å². The van der Waals surface area contributed by atoms with Gasteiger partial charge in [0.2, 0.25) is 0 Å². The molecule has 160 valence electrons.